The maximum Gasteiger partial charge on any atom is 0.185 e. The molecule has 0 saturated heterocycles. The molecule has 0 spiro atoms. The molecule has 0 aliphatic rings. The standard InChI is InChI=1S/C18H20O5S2/c1-12-9-13(2)16(14(3)10-12)18(25(22,23)11-24(20)21)17(19)15-7-5-4-6-8-15/h4-10,18H,11H2,1-3H3,(H,20,21)/p-1. The van der Waals surface area contributed by atoms with Crippen molar-refractivity contribution < 1.29 is 22.0 Å². The fourth-order valence-electron chi connectivity index (χ4n) is 3.03. The lowest BCUT2D eigenvalue weighted by atomic mass is 9.93. The fraction of sp³-hybridized carbons (Fsp3) is 0.278. The van der Waals surface area contributed by atoms with Gasteiger partial charge >= 0.3 is 0 Å². The van der Waals surface area contributed by atoms with Crippen LogP contribution in [0.1, 0.15) is 37.9 Å². The Balaban J connectivity index is 2.70. The number of carbonyl (C=O) groups excluding carboxylic acids is 1. The van der Waals surface area contributed by atoms with Crippen LogP contribution in [-0.4, -0.2) is 28.0 Å². The predicted octanol–water partition coefficient (Wildman–Crippen LogP) is 2.79. The monoisotopic (exact) mass is 379 g/mol. The van der Waals surface area contributed by atoms with Crippen molar-refractivity contribution in [2.75, 3.05) is 5.08 Å². The molecule has 0 radical (unpaired) electrons. The lowest BCUT2D eigenvalue weighted by molar-refractivity contribution is 0.0986. The maximum atomic E-state index is 13.0. The Morgan fingerprint density at radius 2 is 1.60 bits per heavy atom. The number of hydrogen-bond donors (Lipinski definition) is 0. The van der Waals surface area contributed by atoms with Gasteiger partial charge < -0.3 is 4.55 Å². The van der Waals surface area contributed by atoms with Crippen LogP contribution in [0.3, 0.4) is 0 Å². The van der Waals surface area contributed by atoms with Crippen LogP contribution in [0, 0.1) is 20.8 Å². The molecule has 0 saturated carbocycles. The van der Waals surface area contributed by atoms with Gasteiger partial charge in [-0.15, -0.1) is 0 Å². The van der Waals surface area contributed by atoms with Gasteiger partial charge in [-0.05, 0) is 48.5 Å². The molecular weight excluding hydrogens is 360 g/mol. The maximum absolute atomic E-state index is 13.0. The largest absolute Gasteiger partial charge is 0.772 e. The normalized spacial score (nSPS) is 14.1. The van der Waals surface area contributed by atoms with E-state index in [1.807, 2.05) is 6.92 Å². The Morgan fingerprint density at radius 3 is 2.08 bits per heavy atom. The van der Waals surface area contributed by atoms with Crippen molar-refractivity contribution in [2.45, 2.75) is 26.0 Å². The summed E-state index contributed by atoms with van der Waals surface area (Å²) < 4.78 is 47.6. The number of rotatable bonds is 6. The Bertz CT molecular complexity index is 895. The topological polar surface area (TPSA) is 91.3 Å². The van der Waals surface area contributed by atoms with Gasteiger partial charge in [-0.25, -0.2) is 8.42 Å². The number of Topliss-reactive ketones (excluding diaryl/α,β-unsaturated/α-hetero) is 1. The first kappa shape index (κ1) is 19.5. The highest BCUT2D eigenvalue weighted by molar-refractivity contribution is 8.03. The Hall–Kier alpha value is -1.83. The molecule has 0 bridgehead atoms. The summed E-state index contributed by atoms with van der Waals surface area (Å²) in [6.45, 7) is 5.33. The Kier molecular flexibility index (Phi) is 5.92. The highest BCUT2D eigenvalue weighted by Gasteiger charge is 2.36. The highest BCUT2D eigenvalue weighted by Crippen LogP contribution is 2.33. The van der Waals surface area contributed by atoms with Crippen molar-refractivity contribution in [2.24, 2.45) is 0 Å². The number of ketones is 1. The van der Waals surface area contributed by atoms with Gasteiger partial charge in [0, 0.05) is 5.56 Å². The summed E-state index contributed by atoms with van der Waals surface area (Å²) in [5, 5.41) is -2.64. The number of sulfone groups is 1. The Labute approximate surface area is 150 Å². The van der Waals surface area contributed by atoms with E-state index in [0.29, 0.717) is 16.7 Å². The van der Waals surface area contributed by atoms with Gasteiger partial charge in [0.05, 0.1) is 0 Å². The summed E-state index contributed by atoms with van der Waals surface area (Å²) in [6.07, 6.45) is 0. The third kappa shape index (κ3) is 4.42. The number of hydrogen-bond acceptors (Lipinski definition) is 5. The molecule has 0 aliphatic carbocycles. The molecule has 2 atom stereocenters. The van der Waals surface area contributed by atoms with Gasteiger partial charge in [0.1, 0.15) is 5.08 Å². The van der Waals surface area contributed by atoms with Crippen LogP contribution in [0.4, 0.5) is 0 Å². The minimum absolute atomic E-state index is 0.229. The third-order valence-corrected chi connectivity index (χ3v) is 7.17. The first-order chi connectivity index (χ1) is 11.6. The summed E-state index contributed by atoms with van der Waals surface area (Å²) in [5.74, 6) is -0.624. The molecule has 0 amide bonds. The fourth-order valence-corrected chi connectivity index (χ4v) is 5.84. The summed E-state index contributed by atoms with van der Waals surface area (Å²) in [5.41, 5.74) is 2.81. The molecular formula is C18H19O5S2-. The van der Waals surface area contributed by atoms with E-state index in [0.717, 1.165) is 5.56 Å². The molecule has 2 rings (SSSR count). The van der Waals surface area contributed by atoms with Crippen LogP contribution in [0.2, 0.25) is 0 Å². The second-order valence-electron chi connectivity index (χ2n) is 6.01. The van der Waals surface area contributed by atoms with Crippen molar-refractivity contribution in [1.29, 1.82) is 0 Å². The third-order valence-electron chi connectivity index (χ3n) is 3.92. The zero-order valence-electron chi connectivity index (χ0n) is 14.2. The van der Waals surface area contributed by atoms with E-state index in [-0.39, 0.29) is 5.56 Å². The summed E-state index contributed by atoms with van der Waals surface area (Å²) >= 11 is -2.81. The van der Waals surface area contributed by atoms with Crippen molar-refractivity contribution in [1.82, 2.24) is 0 Å². The number of benzene rings is 2. The molecule has 0 N–H and O–H groups in total. The van der Waals surface area contributed by atoms with Gasteiger partial charge in [0.2, 0.25) is 0 Å². The summed E-state index contributed by atoms with van der Waals surface area (Å²) in [6, 6.07) is 11.6. The summed E-state index contributed by atoms with van der Waals surface area (Å²) in [4.78, 5) is 13.0. The van der Waals surface area contributed by atoms with E-state index in [1.54, 1.807) is 44.2 Å². The molecule has 2 unspecified atom stereocenters. The molecule has 2 aromatic carbocycles. The molecule has 0 heterocycles. The molecule has 0 aliphatic heterocycles. The molecule has 7 heteroatoms. The molecule has 0 aromatic heterocycles. The molecule has 0 fully saturated rings. The first-order valence-corrected chi connectivity index (χ1v) is 10.5. The minimum atomic E-state index is -4.24. The first-order valence-electron chi connectivity index (χ1n) is 7.58. The van der Waals surface area contributed by atoms with Gasteiger partial charge in [0.25, 0.3) is 0 Å². The van der Waals surface area contributed by atoms with Crippen molar-refractivity contribution in [3.63, 3.8) is 0 Å². The van der Waals surface area contributed by atoms with Crippen LogP contribution in [0.5, 0.6) is 0 Å². The molecule has 25 heavy (non-hydrogen) atoms. The van der Waals surface area contributed by atoms with Crippen LogP contribution in [0.15, 0.2) is 42.5 Å². The smallest absolute Gasteiger partial charge is 0.185 e. The second kappa shape index (κ2) is 7.59. The van der Waals surface area contributed by atoms with Crippen LogP contribution in [-0.2, 0) is 20.9 Å². The van der Waals surface area contributed by atoms with E-state index >= 15 is 0 Å². The second-order valence-corrected chi connectivity index (χ2v) is 9.35. The zero-order valence-corrected chi connectivity index (χ0v) is 15.8. The van der Waals surface area contributed by atoms with E-state index < -0.39 is 37.0 Å². The molecule has 5 nitrogen and oxygen atoms in total. The van der Waals surface area contributed by atoms with Crippen LogP contribution in [0.25, 0.3) is 0 Å². The van der Waals surface area contributed by atoms with Crippen LogP contribution < -0.4 is 0 Å². The zero-order chi connectivity index (χ0) is 18.8. The number of carbonyl (C=O) groups is 1. The average molecular weight is 379 g/mol. The predicted molar refractivity (Wildman–Crippen MR) is 96.9 cm³/mol. The number of aryl methyl sites for hydroxylation is 3. The van der Waals surface area contributed by atoms with Gasteiger partial charge in [-0.3, -0.25) is 9.00 Å². The van der Waals surface area contributed by atoms with Crippen molar-refractivity contribution in [3.8, 4) is 0 Å². The lowest BCUT2D eigenvalue weighted by Crippen LogP contribution is -2.28. The Morgan fingerprint density at radius 1 is 1.08 bits per heavy atom. The SMILES string of the molecule is Cc1cc(C)c(C(C(=O)c2ccccc2)S(=O)(=O)CS(=O)[O-])c(C)c1. The van der Waals surface area contributed by atoms with Crippen molar-refractivity contribution >= 4 is 26.7 Å². The van der Waals surface area contributed by atoms with Crippen LogP contribution >= 0.6 is 0 Å². The minimum Gasteiger partial charge on any atom is -0.772 e. The quantitative estimate of drug-likeness (QED) is 0.568. The van der Waals surface area contributed by atoms with E-state index in [2.05, 4.69) is 0 Å². The summed E-state index contributed by atoms with van der Waals surface area (Å²) in [7, 11) is -4.24. The van der Waals surface area contributed by atoms with E-state index in [1.165, 1.54) is 12.1 Å². The van der Waals surface area contributed by atoms with E-state index in [9.17, 15) is 22.0 Å². The lowest BCUT2D eigenvalue weighted by Gasteiger charge is -2.22. The van der Waals surface area contributed by atoms with Gasteiger partial charge in [-0.2, -0.15) is 0 Å². The van der Waals surface area contributed by atoms with Crippen molar-refractivity contribution in [3.05, 3.63) is 70.3 Å². The highest BCUT2D eigenvalue weighted by atomic mass is 32.3. The molecule has 134 valence electrons. The van der Waals surface area contributed by atoms with Gasteiger partial charge in [0.15, 0.2) is 20.9 Å². The van der Waals surface area contributed by atoms with E-state index in [4.69, 9.17) is 0 Å². The average Bonchev–Trinajstić information content (AvgIpc) is 2.49. The van der Waals surface area contributed by atoms with Gasteiger partial charge in [-0.1, -0.05) is 48.0 Å². The molecule has 2 aromatic rings.